The second-order valence-electron chi connectivity index (χ2n) is 7.66. The number of carbonyl (C=O) groups is 2. The van der Waals surface area contributed by atoms with Crippen LogP contribution in [0.5, 0.6) is 5.75 Å². The predicted molar refractivity (Wildman–Crippen MR) is 130 cm³/mol. The Balaban J connectivity index is 1.73. The maximum Gasteiger partial charge on any atom is 0.341 e. The van der Waals surface area contributed by atoms with Crippen molar-refractivity contribution < 1.29 is 19.1 Å². The van der Waals surface area contributed by atoms with Gasteiger partial charge in [-0.3, -0.25) is 4.79 Å². The second kappa shape index (κ2) is 9.88. The maximum absolute atomic E-state index is 13.1. The summed E-state index contributed by atoms with van der Waals surface area (Å²) in [6, 6.07) is 13.4. The van der Waals surface area contributed by atoms with Gasteiger partial charge in [-0.05, 0) is 61.1 Å². The van der Waals surface area contributed by atoms with E-state index in [0.717, 1.165) is 46.9 Å². The van der Waals surface area contributed by atoms with Crippen molar-refractivity contribution in [2.24, 2.45) is 0 Å². The van der Waals surface area contributed by atoms with Crippen LogP contribution in [0.25, 0.3) is 16.8 Å². The molecular weight excluding hydrogens is 436 g/mol. The number of carbonyl (C=O) groups excluding carboxylic acids is 2. The first-order valence-electron chi connectivity index (χ1n) is 10.9. The number of ether oxygens (including phenoxy) is 2. The number of esters is 1. The summed E-state index contributed by atoms with van der Waals surface area (Å²) in [5.74, 6) is -0.449. The highest BCUT2D eigenvalue weighted by Gasteiger charge is 2.28. The van der Waals surface area contributed by atoms with Gasteiger partial charge in [-0.25, -0.2) is 4.79 Å². The van der Waals surface area contributed by atoms with E-state index in [9.17, 15) is 14.9 Å². The van der Waals surface area contributed by atoms with E-state index in [4.69, 9.17) is 9.47 Å². The Labute approximate surface area is 196 Å². The topological polar surface area (TPSA) is 88.4 Å². The number of hydrogen-bond donors (Lipinski definition) is 1. The molecule has 6 nitrogen and oxygen atoms in total. The standard InChI is InChI=1S/C26H24N2O4S/c1-3-32-26(30)23-19-10-6-7-11-22(19)33-25(23)28-24(29)17(15-27)14-20-18-9-5-4-8-16(18)12-13-21(20)31-2/h4-5,8-9,12-14H,3,6-7,10-11H2,1-2H3,(H,28,29)/b17-14+. The number of benzene rings is 2. The van der Waals surface area contributed by atoms with E-state index in [-0.39, 0.29) is 12.2 Å². The van der Waals surface area contributed by atoms with Crippen molar-refractivity contribution in [1.82, 2.24) is 0 Å². The van der Waals surface area contributed by atoms with Crippen LogP contribution in [-0.2, 0) is 22.4 Å². The van der Waals surface area contributed by atoms with Gasteiger partial charge in [0.15, 0.2) is 0 Å². The van der Waals surface area contributed by atoms with Gasteiger partial charge in [-0.2, -0.15) is 5.26 Å². The van der Waals surface area contributed by atoms with Gasteiger partial charge in [0.25, 0.3) is 5.91 Å². The molecule has 1 heterocycles. The van der Waals surface area contributed by atoms with Crippen LogP contribution in [0, 0.1) is 11.3 Å². The van der Waals surface area contributed by atoms with Crippen LogP contribution in [0.3, 0.4) is 0 Å². The van der Waals surface area contributed by atoms with Crippen LogP contribution in [0.2, 0.25) is 0 Å². The number of aryl methyl sites for hydroxylation is 1. The van der Waals surface area contributed by atoms with Crippen LogP contribution < -0.4 is 10.1 Å². The summed E-state index contributed by atoms with van der Waals surface area (Å²) in [6.45, 7) is 2.00. The molecule has 4 rings (SSSR count). The van der Waals surface area contributed by atoms with Crippen molar-refractivity contribution in [2.75, 3.05) is 19.0 Å². The lowest BCUT2D eigenvalue weighted by Crippen LogP contribution is -2.16. The fourth-order valence-corrected chi connectivity index (χ4v) is 5.41. The zero-order valence-corrected chi connectivity index (χ0v) is 19.4. The van der Waals surface area contributed by atoms with Gasteiger partial charge >= 0.3 is 5.97 Å². The molecule has 0 atom stereocenters. The van der Waals surface area contributed by atoms with Crippen LogP contribution >= 0.6 is 11.3 Å². The summed E-state index contributed by atoms with van der Waals surface area (Å²) in [5.41, 5.74) is 1.95. The van der Waals surface area contributed by atoms with Crippen molar-refractivity contribution in [3.8, 4) is 11.8 Å². The monoisotopic (exact) mass is 460 g/mol. The summed E-state index contributed by atoms with van der Waals surface area (Å²) in [7, 11) is 1.55. The molecule has 0 spiro atoms. The van der Waals surface area contributed by atoms with Crippen molar-refractivity contribution in [1.29, 1.82) is 5.26 Å². The third kappa shape index (κ3) is 4.48. The zero-order valence-electron chi connectivity index (χ0n) is 18.6. The van der Waals surface area contributed by atoms with Gasteiger partial charge < -0.3 is 14.8 Å². The van der Waals surface area contributed by atoms with Crippen molar-refractivity contribution in [3.05, 3.63) is 63.5 Å². The van der Waals surface area contributed by atoms with Crippen LogP contribution in [-0.4, -0.2) is 25.6 Å². The highest BCUT2D eigenvalue weighted by atomic mass is 32.1. The number of nitriles is 1. The number of rotatable bonds is 6. The minimum absolute atomic E-state index is 0.0779. The lowest BCUT2D eigenvalue weighted by atomic mass is 9.95. The Kier molecular flexibility index (Phi) is 6.76. The third-order valence-electron chi connectivity index (χ3n) is 5.68. The largest absolute Gasteiger partial charge is 0.496 e. The van der Waals surface area contributed by atoms with E-state index in [1.807, 2.05) is 42.5 Å². The first-order chi connectivity index (χ1) is 16.1. The van der Waals surface area contributed by atoms with Gasteiger partial charge in [0.05, 0.1) is 19.3 Å². The number of anilines is 1. The van der Waals surface area contributed by atoms with Crippen molar-refractivity contribution in [2.45, 2.75) is 32.6 Å². The molecule has 3 aromatic rings. The zero-order chi connectivity index (χ0) is 23.4. The Morgan fingerprint density at radius 2 is 1.97 bits per heavy atom. The Hall–Kier alpha value is -3.63. The molecule has 33 heavy (non-hydrogen) atoms. The first-order valence-corrected chi connectivity index (χ1v) is 11.7. The predicted octanol–water partition coefficient (Wildman–Crippen LogP) is 5.51. The smallest absolute Gasteiger partial charge is 0.341 e. The minimum Gasteiger partial charge on any atom is -0.496 e. The molecule has 7 heteroatoms. The van der Waals surface area contributed by atoms with E-state index >= 15 is 0 Å². The van der Waals surface area contributed by atoms with E-state index in [2.05, 4.69) is 5.32 Å². The van der Waals surface area contributed by atoms with Crippen LogP contribution in [0.15, 0.2) is 42.0 Å². The van der Waals surface area contributed by atoms with E-state index in [1.165, 1.54) is 17.4 Å². The number of thiophene rings is 1. The highest BCUT2D eigenvalue weighted by molar-refractivity contribution is 7.17. The molecule has 168 valence electrons. The number of hydrogen-bond acceptors (Lipinski definition) is 6. The fourth-order valence-electron chi connectivity index (χ4n) is 4.14. The molecule has 0 saturated carbocycles. The summed E-state index contributed by atoms with van der Waals surface area (Å²) in [5, 5.41) is 14.9. The molecule has 0 aliphatic heterocycles. The molecule has 1 aliphatic rings. The average molecular weight is 461 g/mol. The van der Waals surface area contributed by atoms with Gasteiger partial charge in [0.2, 0.25) is 0 Å². The normalized spacial score (nSPS) is 13.2. The lowest BCUT2D eigenvalue weighted by Gasteiger charge is -2.12. The average Bonchev–Trinajstić information content (AvgIpc) is 3.20. The first kappa shape index (κ1) is 22.6. The number of nitrogens with zero attached hydrogens (tertiary/aromatic N) is 1. The van der Waals surface area contributed by atoms with Crippen LogP contribution in [0.4, 0.5) is 5.00 Å². The molecule has 0 saturated heterocycles. The second-order valence-corrected chi connectivity index (χ2v) is 8.77. The summed E-state index contributed by atoms with van der Waals surface area (Å²) in [6.07, 6.45) is 5.23. The quantitative estimate of drug-likeness (QED) is 0.298. The molecule has 0 unspecified atom stereocenters. The highest BCUT2D eigenvalue weighted by Crippen LogP contribution is 2.39. The molecule has 0 fully saturated rings. The summed E-state index contributed by atoms with van der Waals surface area (Å²) >= 11 is 1.39. The molecule has 0 radical (unpaired) electrons. The lowest BCUT2D eigenvalue weighted by molar-refractivity contribution is -0.112. The SMILES string of the molecule is CCOC(=O)c1c(NC(=O)/C(C#N)=C/c2c(OC)ccc3ccccc23)sc2c1CCCC2. The summed E-state index contributed by atoms with van der Waals surface area (Å²) < 4.78 is 10.7. The molecule has 1 aliphatic carbocycles. The van der Waals surface area contributed by atoms with Gasteiger partial charge in [-0.1, -0.05) is 30.3 Å². The van der Waals surface area contributed by atoms with Crippen molar-refractivity contribution in [3.63, 3.8) is 0 Å². The van der Waals surface area contributed by atoms with E-state index < -0.39 is 11.9 Å². The number of amides is 1. The third-order valence-corrected chi connectivity index (χ3v) is 6.89. The molecule has 1 aromatic heterocycles. The Morgan fingerprint density at radius 3 is 2.73 bits per heavy atom. The molecular formula is C26H24N2O4S. The molecule has 0 bridgehead atoms. The van der Waals surface area contributed by atoms with E-state index in [0.29, 0.717) is 21.9 Å². The van der Waals surface area contributed by atoms with Crippen LogP contribution in [0.1, 0.15) is 46.1 Å². The van der Waals surface area contributed by atoms with Gasteiger partial charge in [-0.15, -0.1) is 11.3 Å². The molecule has 2 aromatic carbocycles. The van der Waals surface area contributed by atoms with Gasteiger partial charge in [0, 0.05) is 10.4 Å². The Bertz CT molecular complexity index is 1300. The number of methoxy groups -OCH3 is 1. The molecule has 1 amide bonds. The van der Waals surface area contributed by atoms with Crippen molar-refractivity contribution >= 4 is 45.1 Å². The minimum atomic E-state index is -0.573. The maximum atomic E-state index is 13.1. The van der Waals surface area contributed by atoms with Gasteiger partial charge in [0.1, 0.15) is 22.4 Å². The number of nitrogens with one attached hydrogen (secondary N) is 1. The fraction of sp³-hybridized carbons (Fsp3) is 0.269. The number of fused-ring (bicyclic) bond motifs is 2. The Morgan fingerprint density at radius 1 is 1.18 bits per heavy atom. The summed E-state index contributed by atoms with van der Waals surface area (Å²) in [4.78, 5) is 26.9. The van der Waals surface area contributed by atoms with E-state index in [1.54, 1.807) is 14.0 Å². The molecule has 1 N–H and O–H groups in total.